The molecule has 0 unspecified atom stereocenters. The Morgan fingerprint density at radius 1 is 1.12 bits per heavy atom. The van der Waals surface area contributed by atoms with E-state index in [1.807, 2.05) is 0 Å². The van der Waals surface area contributed by atoms with Crippen LogP contribution in [0.4, 0.5) is 0 Å². The molecule has 0 aromatic carbocycles. The van der Waals surface area contributed by atoms with Gasteiger partial charge in [-0.2, -0.15) is 8.42 Å². The average molecular weight is 142 g/mol. The fourth-order valence-electron chi connectivity index (χ4n) is 0. The van der Waals surface area contributed by atoms with Crippen LogP contribution in [0, 0.1) is 0 Å². The zero-order valence-electron chi connectivity index (χ0n) is 5.12. The second kappa shape index (κ2) is 7.39. The maximum absolute atomic E-state index is 8.74. The molecule has 0 aromatic heterocycles. The summed E-state index contributed by atoms with van der Waals surface area (Å²) in [4.78, 5) is 0. The summed E-state index contributed by atoms with van der Waals surface area (Å²) in [6.07, 6.45) is 0. The first-order valence-corrected chi connectivity index (χ1v) is 2.10. The van der Waals surface area contributed by atoms with Gasteiger partial charge >= 0.3 is 29.3 Å². The Hall–Kier alpha value is 0.387. The van der Waals surface area contributed by atoms with Crippen LogP contribution >= 0.6 is 0 Å². The normalized spacial score (nSPS) is 7.25. The van der Waals surface area contributed by atoms with E-state index in [0.29, 0.717) is 0 Å². The van der Waals surface area contributed by atoms with E-state index in [-0.39, 0.29) is 31.2 Å². The second-order valence-corrected chi connectivity index (χ2v) is 1.34. The van der Waals surface area contributed by atoms with Crippen molar-refractivity contribution in [2.75, 3.05) is 0 Å². The zero-order chi connectivity index (χ0) is 4.50. The number of hydrogen-bond donors (Lipinski definition) is 2. The van der Waals surface area contributed by atoms with E-state index >= 15 is 0 Å². The molecule has 0 aliphatic rings. The van der Waals surface area contributed by atoms with Crippen molar-refractivity contribution < 1.29 is 48.8 Å². The monoisotopic (exact) mass is 142 g/mol. The number of rotatable bonds is 0. The van der Waals surface area contributed by atoms with Gasteiger partial charge < -0.3 is 12.4 Å². The predicted octanol–water partition coefficient (Wildman–Crippen LogP) is -5.19. The van der Waals surface area contributed by atoms with Crippen molar-refractivity contribution in [3.8, 4) is 0 Å². The topological polar surface area (TPSA) is 138 Å². The van der Waals surface area contributed by atoms with Gasteiger partial charge in [0.15, 0.2) is 0 Å². The van der Waals surface area contributed by atoms with Gasteiger partial charge in [-0.05, 0) is 0 Å². The minimum atomic E-state index is -4.67. The van der Waals surface area contributed by atoms with E-state index in [1.165, 1.54) is 0 Å². The summed E-state index contributed by atoms with van der Waals surface area (Å²) in [5.74, 6) is 0. The molecule has 0 fully saturated rings. The van der Waals surface area contributed by atoms with Crippen molar-refractivity contribution in [1.29, 1.82) is 0 Å². The summed E-state index contributed by atoms with van der Waals surface area (Å²) in [6, 6.07) is 0. The largest absolute Gasteiger partial charge is 1.00 e. The van der Waals surface area contributed by atoms with Crippen LogP contribution in [0.1, 0.15) is 1.43 Å². The van der Waals surface area contributed by atoms with Crippen LogP contribution in [-0.4, -0.2) is 28.5 Å². The molecule has 0 saturated heterocycles. The molecular weight excluding hydrogens is 135 g/mol. The van der Waals surface area contributed by atoms with E-state index in [1.54, 1.807) is 0 Å². The molecule has 0 aliphatic carbocycles. The SMILES string of the molecule is O.O.O=S(=O)(O)O.[H-].[Li+]. The van der Waals surface area contributed by atoms with Crippen LogP contribution in [0.25, 0.3) is 0 Å². The van der Waals surface area contributed by atoms with Crippen LogP contribution in [0.5, 0.6) is 0 Å². The second-order valence-electron chi connectivity index (χ2n) is 0.448. The van der Waals surface area contributed by atoms with Gasteiger partial charge in [0.1, 0.15) is 0 Å². The Bertz CT molecular complexity index is 96.2. The molecule has 8 heteroatoms. The molecule has 0 rings (SSSR count). The molecule has 0 radical (unpaired) electrons. The van der Waals surface area contributed by atoms with Crippen molar-refractivity contribution >= 4 is 10.4 Å². The van der Waals surface area contributed by atoms with Crippen LogP contribution in [-0.2, 0) is 10.4 Å². The zero-order valence-corrected chi connectivity index (χ0v) is 4.94. The summed E-state index contributed by atoms with van der Waals surface area (Å²) in [5, 5.41) is 0. The first kappa shape index (κ1) is 23.8. The molecule has 0 bridgehead atoms. The standard InChI is InChI=1S/Li.H2O4S.2H2O.H/c;1-5(2,3)4;;;/h;(H2,1,2,3,4);2*1H2;/q+1;;;;-1. The number of hydrogen-bond acceptors (Lipinski definition) is 2. The van der Waals surface area contributed by atoms with E-state index in [0.717, 1.165) is 0 Å². The Kier molecular flexibility index (Phi) is 22.0. The van der Waals surface area contributed by atoms with E-state index in [2.05, 4.69) is 0 Å². The fourth-order valence-corrected chi connectivity index (χ4v) is 0. The van der Waals surface area contributed by atoms with Crippen LogP contribution < -0.4 is 18.9 Å². The maximum Gasteiger partial charge on any atom is 1.00 e. The first-order valence-electron chi connectivity index (χ1n) is 0.698. The maximum atomic E-state index is 8.74. The molecule has 0 heterocycles. The summed E-state index contributed by atoms with van der Waals surface area (Å²) in [6.45, 7) is 0. The predicted molar refractivity (Wildman–Crippen MR) is 22.5 cm³/mol. The van der Waals surface area contributed by atoms with Crippen molar-refractivity contribution in [3.63, 3.8) is 0 Å². The first-order chi connectivity index (χ1) is 2.00. The third-order valence-corrected chi connectivity index (χ3v) is 0. The van der Waals surface area contributed by atoms with Crippen molar-refractivity contribution in [3.05, 3.63) is 0 Å². The van der Waals surface area contributed by atoms with Crippen LogP contribution in [0.2, 0.25) is 0 Å². The minimum Gasteiger partial charge on any atom is -1.00 e. The Labute approximate surface area is 59.8 Å². The van der Waals surface area contributed by atoms with Gasteiger partial charge in [-0.3, -0.25) is 9.11 Å². The average Bonchev–Trinajstić information content (AvgIpc) is 0.722. The summed E-state index contributed by atoms with van der Waals surface area (Å²) < 4.78 is 31.6. The summed E-state index contributed by atoms with van der Waals surface area (Å²) >= 11 is 0. The van der Waals surface area contributed by atoms with Gasteiger partial charge in [0, 0.05) is 0 Å². The van der Waals surface area contributed by atoms with E-state index in [9.17, 15) is 0 Å². The minimum absolute atomic E-state index is 0. The van der Waals surface area contributed by atoms with Gasteiger partial charge in [0.2, 0.25) is 0 Å². The summed E-state index contributed by atoms with van der Waals surface area (Å²) in [5.41, 5.74) is 0. The van der Waals surface area contributed by atoms with Gasteiger partial charge in [0.25, 0.3) is 0 Å². The smallest absolute Gasteiger partial charge is 1.00 e. The quantitative estimate of drug-likeness (QED) is 0.258. The molecule has 0 aliphatic heterocycles. The molecule has 6 N–H and O–H groups in total. The van der Waals surface area contributed by atoms with Gasteiger partial charge in [-0.15, -0.1) is 0 Å². The van der Waals surface area contributed by atoms with Crippen molar-refractivity contribution in [2.45, 2.75) is 0 Å². The Morgan fingerprint density at radius 3 is 1.12 bits per heavy atom. The Balaban J connectivity index is -0.0000000133. The van der Waals surface area contributed by atoms with E-state index < -0.39 is 10.4 Å². The third-order valence-electron chi connectivity index (χ3n) is 0. The van der Waals surface area contributed by atoms with Gasteiger partial charge in [0.05, 0.1) is 0 Å². The van der Waals surface area contributed by atoms with Crippen molar-refractivity contribution in [1.82, 2.24) is 0 Å². The van der Waals surface area contributed by atoms with Crippen LogP contribution in [0.15, 0.2) is 0 Å². The van der Waals surface area contributed by atoms with Crippen LogP contribution in [0.3, 0.4) is 0 Å². The molecular formula is H7LiO6S. The molecule has 50 valence electrons. The summed E-state index contributed by atoms with van der Waals surface area (Å²) in [7, 11) is -4.67. The molecule has 0 saturated carbocycles. The molecule has 8 heavy (non-hydrogen) atoms. The molecule has 0 atom stereocenters. The van der Waals surface area contributed by atoms with Crippen molar-refractivity contribution in [2.24, 2.45) is 0 Å². The Morgan fingerprint density at radius 2 is 1.12 bits per heavy atom. The molecule has 0 spiro atoms. The van der Waals surface area contributed by atoms with E-state index in [4.69, 9.17) is 17.5 Å². The van der Waals surface area contributed by atoms with Gasteiger partial charge in [-0.1, -0.05) is 0 Å². The third kappa shape index (κ3) is 1240. The molecule has 0 aromatic rings. The van der Waals surface area contributed by atoms with Gasteiger partial charge in [-0.25, -0.2) is 0 Å². The fraction of sp³-hybridized carbons (Fsp3) is 0. The molecule has 0 amide bonds. The molecule has 6 nitrogen and oxygen atoms in total.